The summed E-state index contributed by atoms with van der Waals surface area (Å²) in [6.07, 6.45) is 4.15. The van der Waals surface area contributed by atoms with Crippen LogP contribution in [0.25, 0.3) is 10.8 Å². The molecule has 152 valence electrons. The maximum atomic E-state index is 12.8. The summed E-state index contributed by atoms with van der Waals surface area (Å²) in [6.45, 7) is -0.0787. The summed E-state index contributed by atoms with van der Waals surface area (Å²) >= 11 is 0. The molecule has 2 aromatic carbocycles. The Bertz CT molecular complexity index is 952. The number of urea groups is 1. The molecule has 1 heterocycles. The lowest BCUT2D eigenvalue weighted by atomic mass is 9.82. The molecule has 7 nitrogen and oxygen atoms in total. The Balaban J connectivity index is 1.45. The number of carbonyl (C=O) groups excluding carboxylic acids is 3. The highest BCUT2D eigenvalue weighted by molar-refractivity contribution is 6.09. The van der Waals surface area contributed by atoms with Crippen molar-refractivity contribution in [2.24, 2.45) is 5.73 Å². The summed E-state index contributed by atoms with van der Waals surface area (Å²) in [4.78, 5) is 38.9. The largest absolute Gasteiger partial charge is 0.346 e. The lowest BCUT2D eigenvalue weighted by molar-refractivity contribution is -0.136. The van der Waals surface area contributed by atoms with Crippen molar-refractivity contribution in [3.63, 3.8) is 0 Å². The number of carbonyl (C=O) groups is 3. The fraction of sp³-hybridized carbons (Fsp3) is 0.409. The zero-order valence-corrected chi connectivity index (χ0v) is 16.3. The second-order valence-electron chi connectivity index (χ2n) is 7.93. The van der Waals surface area contributed by atoms with E-state index in [1.807, 2.05) is 42.5 Å². The van der Waals surface area contributed by atoms with Crippen LogP contribution in [0.5, 0.6) is 0 Å². The number of nitrogens with two attached hydrogens (primary N) is 1. The van der Waals surface area contributed by atoms with E-state index in [1.54, 1.807) is 0 Å². The molecule has 0 bridgehead atoms. The van der Waals surface area contributed by atoms with Gasteiger partial charge in [-0.05, 0) is 35.2 Å². The smallest absolute Gasteiger partial charge is 0.325 e. The Morgan fingerprint density at radius 2 is 1.83 bits per heavy atom. The van der Waals surface area contributed by atoms with E-state index < -0.39 is 23.5 Å². The minimum atomic E-state index is -0.818. The predicted molar refractivity (Wildman–Crippen MR) is 110 cm³/mol. The molecule has 1 atom stereocenters. The highest BCUT2D eigenvalue weighted by Crippen LogP contribution is 2.33. The van der Waals surface area contributed by atoms with E-state index in [-0.39, 0.29) is 19.0 Å². The molecule has 4 N–H and O–H groups in total. The molecule has 0 aromatic heterocycles. The van der Waals surface area contributed by atoms with Gasteiger partial charge in [0.05, 0.1) is 6.04 Å². The monoisotopic (exact) mass is 394 g/mol. The highest BCUT2D eigenvalue weighted by atomic mass is 16.2. The minimum absolute atomic E-state index is 0.216. The van der Waals surface area contributed by atoms with Gasteiger partial charge in [-0.3, -0.25) is 14.5 Å². The van der Waals surface area contributed by atoms with Crippen molar-refractivity contribution in [3.8, 4) is 0 Å². The molecule has 1 aliphatic carbocycles. The molecular weight excluding hydrogens is 368 g/mol. The molecule has 4 rings (SSSR count). The molecule has 29 heavy (non-hydrogen) atoms. The van der Waals surface area contributed by atoms with Crippen molar-refractivity contribution in [2.45, 2.75) is 43.7 Å². The van der Waals surface area contributed by atoms with E-state index >= 15 is 0 Å². The number of hydrogen-bond donors (Lipinski definition) is 3. The lowest BCUT2D eigenvalue weighted by Gasteiger charge is -2.30. The third-order valence-electron chi connectivity index (χ3n) is 6.00. The van der Waals surface area contributed by atoms with Crippen LogP contribution in [0.2, 0.25) is 0 Å². The summed E-state index contributed by atoms with van der Waals surface area (Å²) in [7, 11) is 0. The highest BCUT2D eigenvalue weighted by Gasteiger charge is 2.51. The van der Waals surface area contributed by atoms with Gasteiger partial charge in [-0.25, -0.2) is 4.79 Å². The fourth-order valence-electron chi connectivity index (χ4n) is 4.40. The number of hydrogen-bond acceptors (Lipinski definition) is 4. The second-order valence-corrected chi connectivity index (χ2v) is 7.93. The van der Waals surface area contributed by atoms with Crippen molar-refractivity contribution in [1.29, 1.82) is 0 Å². The molecule has 1 saturated carbocycles. The standard InChI is InChI=1S/C22H26N4O3/c23-13-18(17-9-8-15-6-2-3-7-16(15)12-17)24-19(27)14-26-20(28)22(25-21(26)29)10-4-1-5-11-22/h2-3,6-9,12,18H,1,4-5,10-11,13-14,23H2,(H,24,27)(H,25,29). The van der Waals surface area contributed by atoms with E-state index in [0.717, 1.165) is 40.5 Å². The molecule has 4 amide bonds. The number of nitrogens with zero attached hydrogens (tertiary/aromatic N) is 1. The van der Waals surface area contributed by atoms with Crippen molar-refractivity contribution in [2.75, 3.05) is 13.1 Å². The number of rotatable bonds is 5. The Labute approximate surface area is 169 Å². The Kier molecular flexibility index (Phi) is 5.24. The van der Waals surface area contributed by atoms with Crippen molar-refractivity contribution in [1.82, 2.24) is 15.5 Å². The van der Waals surface area contributed by atoms with Crippen LogP contribution in [0.15, 0.2) is 42.5 Å². The van der Waals surface area contributed by atoms with Crippen LogP contribution in [-0.4, -0.2) is 41.4 Å². The Morgan fingerprint density at radius 1 is 1.10 bits per heavy atom. The van der Waals surface area contributed by atoms with Gasteiger partial charge in [0.2, 0.25) is 5.91 Å². The average molecular weight is 394 g/mol. The Hall–Kier alpha value is -2.93. The average Bonchev–Trinajstić information content (AvgIpc) is 2.96. The first-order chi connectivity index (χ1) is 14.0. The number of amides is 4. The number of benzene rings is 2. The summed E-state index contributed by atoms with van der Waals surface area (Å²) < 4.78 is 0. The van der Waals surface area contributed by atoms with Gasteiger partial charge in [0.15, 0.2) is 0 Å². The second kappa shape index (κ2) is 7.83. The van der Waals surface area contributed by atoms with E-state index in [0.29, 0.717) is 12.8 Å². The Morgan fingerprint density at radius 3 is 2.55 bits per heavy atom. The molecule has 1 spiro atoms. The molecule has 2 aliphatic rings. The van der Waals surface area contributed by atoms with Gasteiger partial charge >= 0.3 is 6.03 Å². The van der Waals surface area contributed by atoms with Crippen LogP contribution in [0.4, 0.5) is 4.79 Å². The van der Waals surface area contributed by atoms with Crippen LogP contribution in [0.3, 0.4) is 0 Å². The maximum Gasteiger partial charge on any atom is 0.325 e. The molecule has 7 heteroatoms. The van der Waals surface area contributed by atoms with Crippen LogP contribution in [0.1, 0.15) is 43.7 Å². The number of nitrogens with one attached hydrogen (secondary N) is 2. The molecule has 2 fully saturated rings. The van der Waals surface area contributed by atoms with Crippen LogP contribution in [0, 0.1) is 0 Å². The first-order valence-electron chi connectivity index (χ1n) is 10.1. The lowest BCUT2D eigenvalue weighted by Crippen LogP contribution is -2.49. The van der Waals surface area contributed by atoms with Gasteiger partial charge in [0.1, 0.15) is 12.1 Å². The summed E-state index contributed by atoms with van der Waals surface area (Å²) in [5, 5.41) is 7.86. The predicted octanol–water partition coefficient (Wildman–Crippen LogP) is 2.21. The third kappa shape index (κ3) is 3.70. The van der Waals surface area contributed by atoms with Gasteiger partial charge in [0.25, 0.3) is 5.91 Å². The SMILES string of the molecule is NCC(NC(=O)CN1C(=O)NC2(CCCCC2)C1=O)c1ccc2ccccc2c1. The van der Waals surface area contributed by atoms with E-state index in [1.165, 1.54) is 0 Å². The van der Waals surface area contributed by atoms with Crippen molar-refractivity contribution < 1.29 is 14.4 Å². The minimum Gasteiger partial charge on any atom is -0.346 e. The maximum absolute atomic E-state index is 12.8. The first kappa shape index (κ1) is 19.4. The fourth-order valence-corrected chi connectivity index (χ4v) is 4.40. The zero-order chi connectivity index (χ0) is 20.4. The molecule has 2 aromatic rings. The molecule has 1 aliphatic heterocycles. The van der Waals surface area contributed by atoms with Gasteiger partial charge in [-0.2, -0.15) is 0 Å². The zero-order valence-electron chi connectivity index (χ0n) is 16.3. The van der Waals surface area contributed by atoms with E-state index in [2.05, 4.69) is 10.6 Å². The number of imide groups is 1. The van der Waals surface area contributed by atoms with Crippen molar-refractivity contribution >= 4 is 28.6 Å². The van der Waals surface area contributed by atoms with Crippen LogP contribution >= 0.6 is 0 Å². The molecule has 1 unspecified atom stereocenters. The van der Waals surface area contributed by atoms with Gasteiger partial charge < -0.3 is 16.4 Å². The summed E-state index contributed by atoms with van der Waals surface area (Å²) in [5.41, 5.74) is 5.97. The topological polar surface area (TPSA) is 105 Å². The third-order valence-corrected chi connectivity index (χ3v) is 6.00. The van der Waals surface area contributed by atoms with E-state index in [4.69, 9.17) is 5.73 Å². The van der Waals surface area contributed by atoms with Crippen molar-refractivity contribution in [3.05, 3.63) is 48.0 Å². The van der Waals surface area contributed by atoms with Gasteiger partial charge in [-0.1, -0.05) is 55.7 Å². The first-order valence-corrected chi connectivity index (χ1v) is 10.1. The molecular formula is C22H26N4O3. The van der Waals surface area contributed by atoms with Gasteiger partial charge in [0, 0.05) is 6.54 Å². The summed E-state index contributed by atoms with van der Waals surface area (Å²) in [6, 6.07) is 13.0. The van der Waals surface area contributed by atoms with E-state index in [9.17, 15) is 14.4 Å². The van der Waals surface area contributed by atoms with Gasteiger partial charge in [-0.15, -0.1) is 0 Å². The normalized spacial score (nSPS) is 19.4. The molecule has 0 radical (unpaired) electrons. The quantitative estimate of drug-likeness (QED) is 0.676. The molecule has 1 saturated heterocycles. The summed E-state index contributed by atoms with van der Waals surface area (Å²) in [5.74, 6) is -0.683. The van der Waals surface area contributed by atoms with Crippen LogP contribution < -0.4 is 16.4 Å². The van der Waals surface area contributed by atoms with Crippen LogP contribution in [-0.2, 0) is 9.59 Å². The number of fused-ring (bicyclic) bond motifs is 1.